The Kier molecular flexibility index (Phi) is 4.82. The van der Waals surface area contributed by atoms with Crippen LogP contribution in [0.5, 0.6) is 5.75 Å². The summed E-state index contributed by atoms with van der Waals surface area (Å²) in [7, 11) is 0. The summed E-state index contributed by atoms with van der Waals surface area (Å²) in [6.45, 7) is 7.48. The Bertz CT molecular complexity index is 834. The number of rotatable bonds is 3. The highest BCUT2D eigenvalue weighted by Gasteiger charge is 2.38. The number of hydrogen-bond donors (Lipinski definition) is 2. The molecular weight excluding hydrogens is 340 g/mol. The number of piperidine rings is 1. The lowest BCUT2D eigenvalue weighted by molar-refractivity contribution is 0.133. The largest absolute Gasteiger partial charge is 0.506 e. The van der Waals surface area contributed by atoms with Crippen molar-refractivity contribution in [3.05, 3.63) is 41.1 Å². The van der Waals surface area contributed by atoms with Crippen molar-refractivity contribution >= 4 is 5.69 Å². The zero-order valence-corrected chi connectivity index (χ0v) is 16.2. The molecule has 0 aliphatic carbocycles. The highest BCUT2D eigenvalue weighted by Crippen LogP contribution is 2.42. The van der Waals surface area contributed by atoms with Crippen molar-refractivity contribution in [3.63, 3.8) is 0 Å². The van der Waals surface area contributed by atoms with E-state index >= 15 is 0 Å². The van der Waals surface area contributed by atoms with Crippen LogP contribution >= 0.6 is 0 Å². The summed E-state index contributed by atoms with van der Waals surface area (Å²) in [6, 6.07) is 7.77. The van der Waals surface area contributed by atoms with Gasteiger partial charge < -0.3 is 19.8 Å². The van der Waals surface area contributed by atoms with E-state index < -0.39 is 0 Å². The molecule has 0 amide bonds. The molecule has 27 heavy (non-hydrogen) atoms. The third kappa shape index (κ3) is 3.30. The molecule has 1 aromatic carbocycles. The van der Waals surface area contributed by atoms with Crippen molar-refractivity contribution in [1.82, 2.24) is 4.98 Å². The molecule has 4 rings (SSSR count). The molecule has 2 fully saturated rings. The van der Waals surface area contributed by atoms with Crippen LogP contribution < -0.4 is 4.90 Å². The van der Waals surface area contributed by atoms with Crippen molar-refractivity contribution < 1.29 is 14.9 Å². The standard InChI is InChI=1S/C22H28N2O3/c1-15-4-3-5-17(16(15)2)21-20(26)12-19(18(13-25)23-21)24-9-6-22(7-10-24)8-11-27-14-22/h3-5,12,25-26H,6-11,13-14H2,1-2H3. The van der Waals surface area contributed by atoms with Gasteiger partial charge in [-0.1, -0.05) is 18.2 Å². The van der Waals surface area contributed by atoms with Gasteiger partial charge in [0.05, 0.1) is 24.6 Å². The van der Waals surface area contributed by atoms with E-state index in [0.717, 1.165) is 67.9 Å². The van der Waals surface area contributed by atoms with E-state index in [1.165, 1.54) is 0 Å². The Balaban J connectivity index is 1.65. The molecule has 1 aromatic heterocycles. The highest BCUT2D eigenvalue weighted by atomic mass is 16.5. The first-order valence-corrected chi connectivity index (χ1v) is 9.76. The minimum atomic E-state index is -0.141. The van der Waals surface area contributed by atoms with Crippen LogP contribution in [-0.4, -0.2) is 41.5 Å². The van der Waals surface area contributed by atoms with E-state index in [1.807, 2.05) is 32.0 Å². The minimum Gasteiger partial charge on any atom is -0.506 e. The van der Waals surface area contributed by atoms with Crippen molar-refractivity contribution in [3.8, 4) is 17.0 Å². The average molecular weight is 368 g/mol. The number of aromatic hydroxyl groups is 1. The SMILES string of the molecule is Cc1cccc(-c2nc(CO)c(N3CCC4(CCOC4)CC3)cc2O)c1C. The first-order valence-electron chi connectivity index (χ1n) is 9.76. The number of nitrogens with zero attached hydrogens (tertiary/aromatic N) is 2. The van der Waals surface area contributed by atoms with Crippen LogP contribution in [0.4, 0.5) is 5.69 Å². The van der Waals surface area contributed by atoms with Gasteiger partial charge in [-0.25, -0.2) is 4.98 Å². The van der Waals surface area contributed by atoms with Gasteiger partial charge in [-0.2, -0.15) is 0 Å². The fraction of sp³-hybridized carbons (Fsp3) is 0.500. The highest BCUT2D eigenvalue weighted by molar-refractivity contribution is 5.73. The molecule has 2 N–H and O–H groups in total. The lowest BCUT2D eigenvalue weighted by Gasteiger charge is -2.40. The van der Waals surface area contributed by atoms with Gasteiger partial charge in [-0.05, 0) is 49.7 Å². The molecule has 0 radical (unpaired) electrons. The topological polar surface area (TPSA) is 65.8 Å². The second-order valence-electron chi connectivity index (χ2n) is 8.02. The van der Waals surface area contributed by atoms with Crippen molar-refractivity contribution in [2.24, 2.45) is 5.41 Å². The molecule has 144 valence electrons. The van der Waals surface area contributed by atoms with Crippen LogP contribution in [0.15, 0.2) is 24.3 Å². The van der Waals surface area contributed by atoms with E-state index in [-0.39, 0.29) is 12.4 Å². The maximum atomic E-state index is 10.7. The van der Waals surface area contributed by atoms with Crippen molar-refractivity contribution in [2.45, 2.75) is 39.7 Å². The number of hydrogen-bond acceptors (Lipinski definition) is 5. The zero-order chi connectivity index (χ0) is 19.0. The Morgan fingerprint density at radius 3 is 2.63 bits per heavy atom. The zero-order valence-electron chi connectivity index (χ0n) is 16.2. The third-order valence-electron chi connectivity index (χ3n) is 6.42. The van der Waals surface area contributed by atoms with Crippen LogP contribution in [0.25, 0.3) is 11.3 Å². The smallest absolute Gasteiger partial charge is 0.143 e. The van der Waals surface area contributed by atoms with Crippen molar-refractivity contribution in [2.75, 3.05) is 31.2 Å². The molecule has 5 nitrogen and oxygen atoms in total. The Labute approximate surface area is 160 Å². The number of aliphatic hydroxyl groups is 1. The molecular formula is C22H28N2O3. The minimum absolute atomic E-state index is 0.141. The van der Waals surface area contributed by atoms with E-state index in [4.69, 9.17) is 4.74 Å². The molecule has 2 aromatic rings. The molecule has 2 aliphatic rings. The second-order valence-corrected chi connectivity index (χ2v) is 8.02. The number of aliphatic hydroxyl groups excluding tert-OH is 1. The Hall–Kier alpha value is -2.11. The molecule has 0 atom stereocenters. The molecule has 2 aliphatic heterocycles. The second kappa shape index (κ2) is 7.13. The monoisotopic (exact) mass is 368 g/mol. The number of ether oxygens (including phenoxy) is 1. The lowest BCUT2D eigenvalue weighted by Crippen LogP contribution is -2.41. The van der Waals surface area contributed by atoms with E-state index in [2.05, 4.69) is 9.88 Å². The van der Waals surface area contributed by atoms with Crippen LogP contribution in [-0.2, 0) is 11.3 Å². The predicted octanol–water partition coefficient (Wildman–Crippen LogP) is 3.57. The summed E-state index contributed by atoms with van der Waals surface area (Å²) in [6.07, 6.45) is 3.30. The number of anilines is 1. The molecule has 0 bridgehead atoms. The number of pyridine rings is 1. The summed E-state index contributed by atoms with van der Waals surface area (Å²) in [5, 5.41) is 20.7. The van der Waals surface area contributed by atoms with Crippen LogP contribution in [0.1, 0.15) is 36.1 Å². The fourth-order valence-electron chi connectivity index (χ4n) is 4.39. The number of aryl methyl sites for hydroxylation is 1. The number of benzene rings is 1. The predicted molar refractivity (Wildman–Crippen MR) is 106 cm³/mol. The van der Waals surface area contributed by atoms with E-state index in [9.17, 15) is 10.2 Å². The number of aromatic nitrogens is 1. The van der Waals surface area contributed by atoms with Gasteiger partial charge >= 0.3 is 0 Å². The quantitative estimate of drug-likeness (QED) is 0.867. The van der Waals surface area contributed by atoms with Gasteiger partial charge in [0, 0.05) is 31.3 Å². The Morgan fingerprint density at radius 2 is 1.96 bits per heavy atom. The molecule has 0 unspecified atom stereocenters. The van der Waals surface area contributed by atoms with Crippen LogP contribution in [0, 0.1) is 19.3 Å². The third-order valence-corrected chi connectivity index (χ3v) is 6.42. The molecule has 2 saturated heterocycles. The van der Waals surface area contributed by atoms with E-state index in [1.54, 1.807) is 6.07 Å². The van der Waals surface area contributed by atoms with Crippen LogP contribution in [0.2, 0.25) is 0 Å². The van der Waals surface area contributed by atoms with E-state index in [0.29, 0.717) is 16.8 Å². The Morgan fingerprint density at radius 1 is 1.19 bits per heavy atom. The summed E-state index contributed by atoms with van der Waals surface area (Å²) in [4.78, 5) is 6.91. The van der Waals surface area contributed by atoms with Crippen molar-refractivity contribution in [1.29, 1.82) is 0 Å². The maximum Gasteiger partial charge on any atom is 0.143 e. The first kappa shape index (κ1) is 18.3. The lowest BCUT2D eigenvalue weighted by atomic mass is 9.78. The molecule has 0 saturated carbocycles. The summed E-state index contributed by atoms with van der Waals surface area (Å²) >= 11 is 0. The fourth-order valence-corrected chi connectivity index (χ4v) is 4.39. The van der Waals surface area contributed by atoms with Gasteiger partial charge in [-0.15, -0.1) is 0 Å². The van der Waals surface area contributed by atoms with Gasteiger partial charge in [0.15, 0.2) is 0 Å². The van der Waals surface area contributed by atoms with Gasteiger partial charge in [0.1, 0.15) is 11.4 Å². The molecule has 5 heteroatoms. The summed E-state index contributed by atoms with van der Waals surface area (Å²) in [5.74, 6) is 0.167. The van der Waals surface area contributed by atoms with Gasteiger partial charge in [-0.3, -0.25) is 0 Å². The maximum absolute atomic E-state index is 10.7. The average Bonchev–Trinajstić information content (AvgIpc) is 3.13. The molecule has 1 spiro atoms. The summed E-state index contributed by atoms with van der Waals surface area (Å²) in [5.41, 5.74) is 5.50. The normalized spacial score (nSPS) is 19.0. The first-order chi connectivity index (χ1) is 13.0. The summed E-state index contributed by atoms with van der Waals surface area (Å²) < 4.78 is 5.62. The van der Waals surface area contributed by atoms with Gasteiger partial charge in [0.2, 0.25) is 0 Å². The van der Waals surface area contributed by atoms with Gasteiger partial charge in [0.25, 0.3) is 0 Å². The molecule has 3 heterocycles. The van der Waals surface area contributed by atoms with Crippen LogP contribution in [0.3, 0.4) is 0 Å².